The second kappa shape index (κ2) is 2.67. The van der Waals surface area contributed by atoms with Crippen LogP contribution in [-0.2, 0) is 7.05 Å². The molecule has 6 nitrogen and oxygen atoms in total. The zero-order chi connectivity index (χ0) is 9.42. The molecule has 0 atom stereocenters. The minimum absolute atomic E-state index is 0.630. The Morgan fingerprint density at radius 3 is 2.85 bits per heavy atom. The van der Waals surface area contributed by atoms with E-state index in [4.69, 9.17) is 5.84 Å². The first kappa shape index (κ1) is 7.93. The number of rotatable bonds is 1. The third-order valence-corrected chi connectivity index (χ3v) is 1.81. The Bertz CT molecular complexity index is 431. The van der Waals surface area contributed by atoms with Gasteiger partial charge in [0.05, 0.1) is 6.33 Å². The maximum Gasteiger partial charge on any atom is 0.174 e. The highest BCUT2D eigenvalue weighted by Crippen LogP contribution is 2.17. The fourth-order valence-corrected chi connectivity index (χ4v) is 1.19. The van der Waals surface area contributed by atoms with E-state index >= 15 is 0 Å². The molecule has 0 spiro atoms. The zero-order valence-electron chi connectivity index (χ0n) is 7.47. The number of nitrogens with two attached hydrogens (primary N) is 1. The van der Waals surface area contributed by atoms with Gasteiger partial charge in [0.1, 0.15) is 6.33 Å². The van der Waals surface area contributed by atoms with Crippen LogP contribution in [0, 0.1) is 0 Å². The van der Waals surface area contributed by atoms with Crippen LogP contribution in [0.25, 0.3) is 11.2 Å². The van der Waals surface area contributed by atoms with Gasteiger partial charge in [-0.05, 0) is 0 Å². The van der Waals surface area contributed by atoms with Gasteiger partial charge in [0.2, 0.25) is 0 Å². The lowest BCUT2D eigenvalue weighted by molar-refractivity contribution is 0.924. The molecular weight excluding hydrogens is 168 g/mol. The number of aromatic nitrogens is 4. The minimum atomic E-state index is 0.630. The summed E-state index contributed by atoms with van der Waals surface area (Å²) in [6.45, 7) is 0. The Morgan fingerprint density at radius 2 is 2.15 bits per heavy atom. The molecule has 2 aromatic heterocycles. The molecule has 0 aromatic carbocycles. The van der Waals surface area contributed by atoms with Gasteiger partial charge in [0, 0.05) is 14.1 Å². The molecule has 0 fully saturated rings. The van der Waals surface area contributed by atoms with Crippen LogP contribution in [0.3, 0.4) is 0 Å². The van der Waals surface area contributed by atoms with Crippen molar-refractivity contribution < 1.29 is 0 Å². The minimum Gasteiger partial charge on any atom is -0.318 e. The predicted molar refractivity (Wildman–Crippen MR) is 48.9 cm³/mol. The third-order valence-electron chi connectivity index (χ3n) is 1.81. The van der Waals surface area contributed by atoms with E-state index in [1.807, 2.05) is 11.6 Å². The van der Waals surface area contributed by atoms with Crippen molar-refractivity contribution in [2.45, 2.75) is 0 Å². The largest absolute Gasteiger partial charge is 0.318 e. The van der Waals surface area contributed by atoms with Gasteiger partial charge < -0.3 is 4.57 Å². The normalized spacial score (nSPS) is 10.7. The molecule has 0 saturated heterocycles. The number of fused-ring (bicyclic) bond motifs is 1. The lowest BCUT2D eigenvalue weighted by Gasteiger charge is -2.09. The Labute approximate surface area is 75.0 Å². The van der Waals surface area contributed by atoms with E-state index in [-0.39, 0.29) is 0 Å². The second-order valence-corrected chi connectivity index (χ2v) is 2.84. The lowest BCUT2D eigenvalue weighted by atomic mass is 10.5. The zero-order valence-corrected chi connectivity index (χ0v) is 7.47. The third kappa shape index (κ3) is 1.11. The smallest absolute Gasteiger partial charge is 0.174 e. The fraction of sp³-hybridized carbons (Fsp3) is 0.286. The van der Waals surface area contributed by atoms with Crippen LogP contribution in [-0.4, -0.2) is 26.6 Å². The van der Waals surface area contributed by atoms with Gasteiger partial charge in [-0.1, -0.05) is 0 Å². The highest BCUT2D eigenvalue weighted by atomic mass is 15.4. The summed E-state index contributed by atoms with van der Waals surface area (Å²) in [7, 11) is 3.60. The summed E-state index contributed by atoms with van der Waals surface area (Å²) in [5.41, 5.74) is 1.50. The molecule has 68 valence electrons. The van der Waals surface area contributed by atoms with Crippen molar-refractivity contribution in [2.24, 2.45) is 12.9 Å². The molecular formula is C7H10N6. The van der Waals surface area contributed by atoms with Crippen LogP contribution in [0.1, 0.15) is 0 Å². The quantitative estimate of drug-likeness (QED) is 0.478. The van der Waals surface area contributed by atoms with Crippen LogP contribution in [0.5, 0.6) is 0 Å². The topological polar surface area (TPSA) is 72.9 Å². The van der Waals surface area contributed by atoms with E-state index in [0.29, 0.717) is 5.82 Å². The maximum absolute atomic E-state index is 5.58. The molecule has 2 N–H and O–H groups in total. The molecule has 0 saturated carbocycles. The molecule has 0 aliphatic carbocycles. The summed E-state index contributed by atoms with van der Waals surface area (Å²) in [6, 6.07) is 0. The molecule has 0 radical (unpaired) electrons. The van der Waals surface area contributed by atoms with Gasteiger partial charge in [-0.25, -0.2) is 20.8 Å². The van der Waals surface area contributed by atoms with E-state index in [0.717, 1.165) is 11.2 Å². The van der Waals surface area contributed by atoms with Crippen molar-refractivity contribution in [1.29, 1.82) is 0 Å². The van der Waals surface area contributed by atoms with Gasteiger partial charge in [-0.2, -0.15) is 0 Å². The Kier molecular flexibility index (Phi) is 1.63. The number of hydrogen-bond acceptors (Lipinski definition) is 5. The van der Waals surface area contributed by atoms with E-state index in [2.05, 4.69) is 15.0 Å². The van der Waals surface area contributed by atoms with Crippen LogP contribution in [0.15, 0.2) is 12.7 Å². The summed E-state index contributed by atoms with van der Waals surface area (Å²) >= 11 is 0. The molecule has 13 heavy (non-hydrogen) atoms. The number of aryl methyl sites for hydroxylation is 1. The predicted octanol–water partition coefficient (Wildman–Crippen LogP) is -0.327. The molecule has 0 aliphatic rings. The number of imidazole rings is 1. The molecule has 0 bridgehead atoms. The molecule has 2 aromatic rings. The monoisotopic (exact) mass is 178 g/mol. The van der Waals surface area contributed by atoms with Crippen molar-refractivity contribution in [3.05, 3.63) is 12.7 Å². The summed E-state index contributed by atoms with van der Waals surface area (Å²) in [5, 5.41) is 1.43. The molecule has 0 amide bonds. The second-order valence-electron chi connectivity index (χ2n) is 2.84. The standard InChI is InChI=1S/C7H10N6/c1-12-4-11-5-6(12)9-3-10-7(5)13(2)8/h3-4H,8H2,1-2H3. The Balaban J connectivity index is 2.77. The van der Waals surface area contributed by atoms with E-state index < -0.39 is 0 Å². The molecule has 2 rings (SSSR count). The first-order chi connectivity index (χ1) is 6.20. The van der Waals surface area contributed by atoms with Crippen molar-refractivity contribution in [3.63, 3.8) is 0 Å². The first-order valence-electron chi connectivity index (χ1n) is 3.80. The van der Waals surface area contributed by atoms with E-state index in [1.54, 1.807) is 13.4 Å². The average Bonchev–Trinajstić information content (AvgIpc) is 2.48. The summed E-state index contributed by atoms with van der Waals surface area (Å²) in [4.78, 5) is 12.3. The van der Waals surface area contributed by atoms with Crippen LogP contribution in [0.2, 0.25) is 0 Å². The van der Waals surface area contributed by atoms with Gasteiger partial charge in [0.25, 0.3) is 0 Å². The van der Waals surface area contributed by atoms with E-state index in [1.165, 1.54) is 11.3 Å². The number of hydrazine groups is 1. The summed E-state index contributed by atoms with van der Waals surface area (Å²) in [6.07, 6.45) is 3.16. The highest BCUT2D eigenvalue weighted by Gasteiger charge is 2.09. The van der Waals surface area contributed by atoms with Crippen LogP contribution in [0.4, 0.5) is 5.82 Å². The van der Waals surface area contributed by atoms with Gasteiger partial charge in [0.15, 0.2) is 17.0 Å². The molecule has 0 aliphatic heterocycles. The SMILES string of the molecule is CN(N)c1ncnc2c1ncn2C. The van der Waals surface area contributed by atoms with Gasteiger partial charge in [-0.3, -0.25) is 5.01 Å². The molecule has 2 heterocycles. The maximum atomic E-state index is 5.58. The summed E-state index contributed by atoms with van der Waals surface area (Å²) in [5.74, 6) is 6.21. The van der Waals surface area contributed by atoms with Crippen molar-refractivity contribution in [1.82, 2.24) is 19.5 Å². The fourth-order valence-electron chi connectivity index (χ4n) is 1.19. The Hall–Kier alpha value is -1.69. The molecule has 0 unspecified atom stereocenters. The van der Waals surface area contributed by atoms with Crippen LogP contribution >= 0.6 is 0 Å². The first-order valence-corrected chi connectivity index (χ1v) is 3.80. The van der Waals surface area contributed by atoms with E-state index in [9.17, 15) is 0 Å². The van der Waals surface area contributed by atoms with Crippen molar-refractivity contribution in [2.75, 3.05) is 12.1 Å². The highest BCUT2D eigenvalue weighted by molar-refractivity contribution is 5.82. The van der Waals surface area contributed by atoms with Gasteiger partial charge in [-0.15, -0.1) is 0 Å². The van der Waals surface area contributed by atoms with Gasteiger partial charge >= 0.3 is 0 Å². The molecule has 6 heteroatoms. The van der Waals surface area contributed by atoms with Crippen molar-refractivity contribution in [3.8, 4) is 0 Å². The summed E-state index contributed by atoms with van der Waals surface area (Å²) < 4.78 is 1.82. The number of nitrogens with zero attached hydrogens (tertiary/aromatic N) is 5. The van der Waals surface area contributed by atoms with Crippen LogP contribution < -0.4 is 10.9 Å². The number of anilines is 1. The average molecular weight is 178 g/mol. The lowest BCUT2D eigenvalue weighted by Crippen LogP contribution is -2.26. The number of hydrogen-bond donors (Lipinski definition) is 1. The Morgan fingerprint density at radius 1 is 1.38 bits per heavy atom. The van der Waals surface area contributed by atoms with Crippen molar-refractivity contribution >= 4 is 17.0 Å².